The van der Waals surface area contributed by atoms with E-state index >= 15 is 0 Å². The zero-order valence-electron chi connectivity index (χ0n) is 13.3. The molecular weight excluding hydrogens is 266 g/mol. The number of hydrogen-bond donors (Lipinski definition) is 2. The van der Waals surface area contributed by atoms with Crippen molar-refractivity contribution in [2.24, 2.45) is 5.92 Å². The molecule has 118 valence electrons. The second-order valence-corrected chi connectivity index (χ2v) is 5.99. The number of aliphatic hydroxyl groups is 1. The van der Waals surface area contributed by atoms with Gasteiger partial charge in [-0.2, -0.15) is 0 Å². The van der Waals surface area contributed by atoms with Gasteiger partial charge in [0.15, 0.2) is 0 Å². The molecular formula is C17H27NO3. The van der Waals surface area contributed by atoms with Gasteiger partial charge in [-0.25, -0.2) is 0 Å². The van der Waals surface area contributed by atoms with E-state index in [1.54, 1.807) is 14.2 Å². The van der Waals surface area contributed by atoms with E-state index in [9.17, 15) is 5.11 Å². The Morgan fingerprint density at radius 3 is 2.52 bits per heavy atom. The Morgan fingerprint density at radius 1 is 1.19 bits per heavy atom. The molecule has 1 aromatic carbocycles. The van der Waals surface area contributed by atoms with E-state index in [4.69, 9.17) is 9.47 Å². The van der Waals surface area contributed by atoms with Crippen LogP contribution in [0.5, 0.6) is 11.5 Å². The summed E-state index contributed by atoms with van der Waals surface area (Å²) in [6.07, 6.45) is 4.35. The normalized spacial score (nSPS) is 23.6. The Kier molecular flexibility index (Phi) is 5.88. The van der Waals surface area contributed by atoms with Crippen molar-refractivity contribution in [2.75, 3.05) is 20.8 Å². The quantitative estimate of drug-likeness (QED) is 0.847. The van der Waals surface area contributed by atoms with Crippen molar-refractivity contribution in [3.8, 4) is 11.5 Å². The number of benzene rings is 1. The minimum absolute atomic E-state index is 0.521. The molecule has 4 nitrogen and oxygen atoms in total. The molecule has 4 heteroatoms. The second kappa shape index (κ2) is 7.66. The van der Waals surface area contributed by atoms with Crippen molar-refractivity contribution in [1.29, 1.82) is 0 Å². The summed E-state index contributed by atoms with van der Waals surface area (Å²) in [5.41, 5.74) is 0.772. The molecule has 1 unspecified atom stereocenters. The van der Waals surface area contributed by atoms with E-state index in [-0.39, 0.29) is 0 Å². The Morgan fingerprint density at radius 2 is 1.90 bits per heavy atom. The van der Waals surface area contributed by atoms with Gasteiger partial charge in [-0.1, -0.05) is 6.92 Å². The van der Waals surface area contributed by atoms with Crippen molar-refractivity contribution in [2.45, 2.75) is 44.8 Å². The highest BCUT2D eigenvalue weighted by Gasteiger charge is 2.20. The fourth-order valence-electron chi connectivity index (χ4n) is 2.95. The lowest BCUT2D eigenvalue weighted by Gasteiger charge is -2.28. The highest BCUT2D eigenvalue weighted by atomic mass is 16.5. The molecule has 0 heterocycles. The molecule has 1 aliphatic rings. The molecule has 0 aromatic heterocycles. The van der Waals surface area contributed by atoms with Crippen molar-refractivity contribution in [3.05, 3.63) is 23.8 Å². The Hall–Kier alpha value is -1.26. The smallest absolute Gasteiger partial charge is 0.124 e. The molecule has 0 amide bonds. The summed E-state index contributed by atoms with van der Waals surface area (Å²) >= 11 is 0. The van der Waals surface area contributed by atoms with Crippen LogP contribution in [0.2, 0.25) is 0 Å². The molecule has 1 saturated carbocycles. The van der Waals surface area contributed by atoms with Gasteiger partial charge in [0.05, 0.1) is 20.3 Å². The molecule has 2 N–H and O–H groups in total. The molecule has 0 bridgehead atoms. The zero-order valence-corrected chi connectivity index (χ0v) is 13.3. The summed E-state index contributed by atoms with van der Waals surface area (Å²) < 4.78 is 10.6. The summed E-state index contributed by atoms with van der Waals surface area (Å²) in [4.78, 5) is 0. The lowest BCUT2D eigenvalue weighted by atomic mass is 9.87. The SMILES string of the molecule is COc1ccc(OC)c(C(O)CNC2CCC(C)CC2)c1. The van der Waals surface area contributed by atoms with E-state index in [0.29, 0.717) is 18.3 Å². The number of aliphatic hydroxyl groups excluding tert-OH is 1. The third-order valence-corrected chi connectivity index (χ3v) is 4.41. The third-order valence-electron chi connectivity index (χ3n) is 4.41. The van der Waals surface area contributed by atoms with Crippen molar-refractivity contribution in [3.63, 3.8) is 0 Å². The summed E-state index contributed by atoms with van der Waals surface area (Å²) in [6.45, 7) is 2.86. The fraction of sp³-hybridized carbons (Fsp3) is 0.647. The van der Waals surface area contributed by atoms with Gasteiger partial charge >= 0.3 is 0 Å². The van der Waals surface area contributed by atoms with Gasteiger partial charge in [0.2, 0.25) is 0 Å². The van der Waals surface area contributed by atoms with Crippen LogP contribution in [0.3, 0.4) is 0 Å². The minimum Gasteiger partial charge on any atom is -0.497 e. The lowest BCUT2D eigenvalue weighted by Crippen LogP contribution is -2.35. The third kappa shape index (κ3) is 4.35. The van der Waals surface area contributed by atoms with Crippen LogP contribution < -0.4 is 14.8 Å². The minimum atomic E-state index is -0.589. The van der Waals surface area contributed by atoms with E-state index in [2.05, 4.69) is 12.2 Å². The maximum atomic E-state index is 10.4. The molecule has 1 aliphatic carbocycles. The average molecular weight is 293 g/mol. The van der Waals surface area contributed by atoms with Crippen LogP contribution in [0.25, 0.3) is 0 Å². The van der Waals surface area contributed by atoms with Crippen LogP contribution in [-0.2, 0) is 0 Å². The van der Waals surface area contributed by atoms with Gasteiger partial charge < -0.3 is 19.9 Å². The van der Waals surface area contributed by atoms with E-state index < -0.39 is 6.10 Å². The molecule has 0 spiro atoms. The highest BCUT2D eigenvalue weighted by molar-refractivity contribution is 5.41. The molecule has 1 atom stereocenters. The molecule has 1 aromatic rings. The van der Waals surface area contributed by atoms with Crippen LogP contribution >= 0.6 is 0 Å². The molecule has 21 heavy (non-hydrogen) atoms. The Labute approximate surface area is 127 Å². The molecule has 0 radical (unpaired) electrons. The van der Waals surface area contributed by atoms with Crippen molar-refractivity contribution < 1.29 is 14.6 Å². The van der Waals surface area contributed by atoms with Gasteiger partial charge in [-0.15, -0.1) is 0 Å². The highest BCUT2D eigenvalue weighted by Crippen LogP contribution is 2.29. The first-order chi connectivity index (χ1) is 10.1. The first kappa shape index (κ1) is 16.1. The topological polar surface area (TPSA) is 50.7 Å². The summed E-state index contributed by atoms with van der Waals surface area (Å²) in [7, 11) is 3.24. The van der Waals surface area contributed by atoms with Crippen LogP contribution in [0.15, 0.2) is 18.2 Å². The first-order valence-corrected chi connectivity index (χ1v) is 7.77. The largest absolute Gasteiger partial charge is 0.497 e. The van der Waals surface area contributed by atoms with Gasteiger partial charge in [0.1, 0.15) is 11.5 Å². The maximum absolute atomic E-state index is 10.4. The number of hydrogen-bond acceptors (Lipinski definition) is 4. The fourth-order valence-corrected chi connectivity index (χ4v) is 2.95. The molecule has 0 saturated heterocycles. The second-order valence-electron chi connectivity index (χ2n) is 5.99. The van der Waals surface area contributed by atoms with Crippen molar-refractivity contribution in [1.82, 2.24) is 5.32 Å². The predicted octanol–water partition coefficient (Wildman–Crippen LogP) is 2.91. The lowest BCUT2D eigenvalue weighted by molar-refractivity contribution is 0.159. The number of methoxy groups -OCH3 is 2. The van der Waals surface area contributed by atoms with Crippen LogP contribution in [0.4, 0.5) is 0 Å². The molecule has 2 rings (SSSR count). The first-order valence-electron chi connectivity index (χ1n) is 7.77. The van der Waals surface area contributed by atoms with Gasteiger partial charge in [-0.05, 0) is 49.8 Å². The summed E-state index contributed by atoms with van der Waals surface area (Å²) in [5.74, 6) is 2.27. The van der Waals surface area contributed by atoms with Gasteiger partial charge in [-0.3, -0.25) is 0 Å². The summed E-state index contributed by atoms with van der Waals surface area (Å²) in [5, 5.41) is 13.9. The number of rotatable bonds is 6. The van der Waals surface area contributed by atoms with Crippen LogP contribution in [0.1, 0.15) is 44.3 Å². The zero-order chi connectivity index (χ0) is 15.2. The molecule has 0 aliphatic heterocycles. The standard InChI is InChI=1S/C17H27NO3/c1-12-4-6-13(7-5-12)18-11-16(19)15-10-14(20-2)8-9-17(15)21-3/h8-10,12-13,16,18-19H,4-7,11H2,1-3H3. The number of nitrogens with one attached hydrogen (secondary N) is 1. The molecule has 1 fully saturated rings. The maximum Gasteiger partial charge on any atom is 0.124 e. The van der Waals surface area contributed by atoms with Crippen molar-refractivity contribution >= 4 is 0 Å². The van der Waals surface area contributed by atoms with E-state index in [1.165, 1.54) is 25.7 Å². The van der Waals surface area contributed by atoms with Gasteiger partial charge in [0, 0.05) is 18.2 Å². The Balaban J connectivity index is 1.94. The Bertz CT molecular complexity index is 442. The van der Waals surface area contributed by atoms with Gasteiger partial charge in [0.25, 0.3) is 0 Å². The van der Waals surface area contributed by atoms with Crippen LogP contribution in [0, 0.1) is 5.92 Å². The van der Waals surface area contributed by atoms with Crippen LogP contribution in [-0.4, -0.2) is 31.9 Å². The monoisotopic (exact) mass is 293 g/mol. The number of ether oxygens (including phenoxy) is 2. The summed E-state index contributed by atoms with van der Waals surface area (Å²) in [6, 6.07) is 6.03. The predicted molar refractivity (Wildman–Crippen MR) is 83.9 cm³/mol. The average Bonchev–Trinajstić information content (AvgIpc) is 2.53. The van der Waals surface area contributed by atoms with E-state index in [0.717, 1.165) is 17.2 Å². The van der Waals surface area contributed by atoms with E-state index in [1.807, 2.05) is 18.2 Å².